The van der Waals surface area contributed by atoms with E-state index in [2.05, 4.69) is 41.1 Å². The van der Waals surface area contributed by atoms with Crippen molar-refractivity contribution in [3.8, 4) is 0 Å². The molecular weight excluding hydrogens is 593 g/mol. The van der Waals surface area contributed by atoms with E-state index in [-0.39, 0.29) is 11.3 Å². The number of aliphatic carboxylic acids is 1. The number of carbonyl (C=O) groups is 2. The molecule has 1 amide bonds. The van der Waals surface area contributed by atoms with Gasteiger partial charge in [0.2, 0.25) is 11.9 Å². The number of carboxylic acids is 1. The number of nitrogens with zero attached hydrogens (tertiary/aromatic N) is 4. The number of nitrogens with one attached hydrogen (secondary N) is 1. The van der Waals surface area contributed by atoms with Crippen molar-refractivity contribution in [1.82, 2.24) is 15.3 Å². The number of halogens is 4. The van der Waals surface area contributed by atoms with E-state index in [1.54, 1.807) is 0 Å². The van der Waals surface area contributed by atoms with Gasteiger partial charge in [0.05, 0.1) is 5.69 Å². The number of aromatic nitrogens is 2. The number of nitrogens with two attached hydrogens (primary N) is 1. The number of carboxylic acid groups (broad SMARTS) is 1. The third-order valence-electron chi connectivity index (χ3n) is 8.67. The zero-order chi connectivity index (χ0) is 30.9. The lowest BCUT2D eigenvalue weighted by Crippen LogP contribution is -2.60. The highest BCUT2D eigenvalue weighted by Crippen LogP contribution is 2.46. The van der Waals surface area contributed by atoms with Crippen LogP contribution in [0, 0.1) is 0 Å². The SMILES string of the molecule is CNC1(C(N)=O)CCN(c2nc3c(c(N4CCC(C)(c5ccc(Cl)cc5)CC4)n2)CSC3C)CC1.O=C(O)C(F)(F)F. The van der Waals surface area contributed by atoms with Crippen molar-refractivity contribution in [2.45, 2.75) is 67.7 Å². The maximum absolute atomic E-state index is 12.1. The van der Waals surface area contributed by atoms with E-state index in [4.69, 9.17) is 37.2 Å². The van der Waals surface area contributed by atoms with Crippen LogP contribution in [0.5, 0.6) is 0 Å². The van der Waals surface area contributed by atoms with E-state index < -0.39 is 17.7 Å². The fourth-order valence-electron chi connectivity index (χ4n) is 5.70. The standard InChI is InChI=1S/C26H35ClN6OS.C2HF3O2/c1-17-21-20(16-35-17)22(31-24(30-21)33-14-10-26(29-3,11-15-33)23(28)34)32-12-8-25(2,9-13-32)18-4-6-19(27)7-5-18;3-2(4,5)1(6)7/h4-7,17,29H,8-16H2,1-3H3,(H2,28,34);(H,6,7). The third kappa shape index (κ3) is 6.73. The van der Waals surface area contributed by atoms with Crippen molar-refractivity contribution in [2.75, 3.05) is 43.0 Å². The van der Waals surface area contributed by atoms with Crippen LogP contribution in [-0.2, 0) is 20.8 Å². The van der Waals surface area contributed by atoms with E-state index in [1.807, 2.05) is 30.9 Å². The summed E-state index contributed by atoms with van der Waals surface area (Å²) < 4.78 is 31.7. The second-order valence-electron chi connectivity index (χ2n) is 11.2. The number of anilines is 2. The first kappa shape index (κ1) is 32.2. The number of likely N-dealkylation sites (N-methyl/N-ethyl adjacent to an activating group) is 1. The van der Waals surface area contributed by atoms with Gasteiger partial charge in [0.25, 0.3) is 0 Å². The van der Waals surface area contributed by atoms with Crippen LogP contribution in [-0.4, -0.2) is 71.9 Å². The molecule has 0 radical (unpaired) electrons. The number of hydrogen-bond donors (Lipinski definition) is 3. The highest BCUT2D eigenvalue weighted by atomic mass is 35.5. The quantitative estimate of drug-likeness (QED) is 0.433. The van der Waals surface area contributed by atoms with Crippen LogP contribution in [0.15, 0.2) is 24.3 Å². The lowest BCUT2D eigenvalue weighted by atomic mass is 9.74. The summed E-state index contributed by atoms with van der Waals surface area (Å²) in [7, 11) is 1.82. The number of rotatable bonds is 5. The fourth-order valence-corrected chi connectivity index (χ4v) is 6.88. The summed E-state index contributed by atoms with van der Waals surface area (Å²) in [5.41, 5.74) is 9.03. The van der Waals surface area contributed by atoms with Gasteiger partial charge in [-0.3, -0.25) is 4.79 Å². The lowest BCUT2D eigenvalue weighted by Gasteiger charge is -2.42. The molecule has 230 valence electrons. The Hall–Kier alpha value is -2.77. The minimum Gasteiger partial charge on any atom is -0.475 e. The molecule has 14 heteroatoms. The molecule has 1 atom stereocenters. The minimum atomic E-state index is -5.08. The number of thioether (sulfide) groups is 1. The van der Waals surface area contributed by atoms with Gasteiger partial charge in [-0.2, -0.15) is 18.2 Å². The number of carbonyl (C=O) groups excluding carboxylic acids is 1. The van der Waals surface area contributed by atoms with Crippen molar-refractivity contribution in [3.05, 3.63) is 46.1 Å². The predicted octanol–water partition coefficient (Wildman–Crippen LogP) is 4.67. The zero-order valence-corrected chi connectivity index (χ0v) is 25.4. The maximum Gasteiger partial charge on any atom is 0.490 e. The summed E-state index contributed by atoms with van der Waals surface area (Å²) in [5.74, 6) is -0.194. The Bertz CT molecular complexity index is 1300. The number of primary amides is 1. The smallest absolute Gasteiger partial charge is 0.475 e. The second kappa shape index (κ2) is 12.5. The van der Waals surface area contributed by atoms with E-state index in [0.29, 0.717) is 31.2 Å². The van der Waals surface area contributed by atoms with Gasteiger partial charge in [-0.1, -0.05) is 30.7 Å². The van der Waals surface area contributed by atoms with Gasteiger partial charge >= 0.3 is 12.1 Å². The second-order valence-corrected chi connectivity index (χ2v) is 13.0. The molecule has 2 saturated heterocycles. The van der Waals surface area contributed by atoms with Crippen LogP contribution in [0.2, 0.25) is 5.02 Å². The molecule has 1 aromatic heterocycles. The molecule has 3 aliphatic heterocycles. The monoisotopic (exact) mass is 628 g/mol. The minimum absolute atomic E-state index is 0.139. The maximum atomic E-state index is 12.1. The first-order valence-corrected chi connectivity index (χ1v) is 15.2. The summed E-state index contributed by atoms with van der Waals surface area (Å²) in [6, 6.07) is 8.33. The summed E-state index contributed by atoms with van der Waals surface area (Å²) in [5, 5.41) is 11.4. The van der Waals surface area contributed by atoms with Gasteiger partial charge in [-0.05, 0) is 62.8 Å². The Kier molecular flexibility index (Phi) is 9.53. The average molecular weight is 629 g/mol. The number of piperidine rings is 2. The Morgan fingerprint density at radius 2 is 1.62 bits per heavy atom. The molecule has 9 nitrogen and oxygen atoms in total. The van der Waals surface area contributed by atoms with Gasteiger partial charge in [-0.25, -0.2) is 9.78 Å². The summed E-state index contributed by atoms with van der Waals surface area (Å²) >= 11 is 8.06. The number of benzene rings is 1. The fraction of sp³-hybridized carbons (Fsp3) is 0.571. The number of hydrogen-bond acceptors (Lipinski definition) is 8. The van der Waals surface area contributed by atoms with Crippen molar-refractivity contribution in [3.63, 3.8) is 0 Å². The normalized spacial score (nSPS) is 21.3. The molecule has 0 saturated carbocycles. The summed E-state index contributed by atoms with van der Waals surface area (Å²) in [6.45, 7) is 7.94. The van der Waals surface area contributed by atoms with Crippen molar-refractivity contribution >= 4 is 47.0 Å². The molecule has 2 fully saturated rings. The molecule has 5 rings (SSSR count). The highest BCUT2D eigenvalue weighted by Gasteiger charge is 2.41. The first-order valence-electron chi connectivity index (χ1n) is 13.8. The number of alkyl halides is 3. The van der Waals surface area contributed by atoms with Crippen LogP contribution in [0.25, 0.3) is 0 Å². The summed E-state index contributed by atoms with van der Waals surface area (Å²) in [6.07, 6.45) is -1.64. The third-order valence-corrected chi connectivity index (χ3v) is 10.1. The highest BCUT2D eigenvalue weighted by molar-refractivity contribution is 7.99. The van der Waals surface area contributed by atoms with Gasteiger partial charge in [0.15, 0.2) is 0 Å². The van der Waals surface area contributed by atoms with Crippen molar-refractivity contribution in [2.24, 2.45) is 5.73 Å². The van der Waals surface area contributed by atoms with Crippen LogP contribution < -0.4 is 20.9 Å². The Morgan fingerprint density at radius 3 is 2.12 bits per heavy atom. The predicted molar refractivity (Wildman–Crippen MR) is 158 cm³/mol. The van der Waals surface area contributed by atoms with Crippen LogP contribution >= 0.6 is 23.4 Å². The van der Waals surface area contributed by atoms with Crippen molar-refractivity contribution < 1.29 is 27.9 Å². The largest absolute Gasteiger partial charge is 0.490 e. The Labute approximate surface area is 252 Å². The van der Waals surface area contributed by atoms with Gasteiger partial charge in [0, 0.05) is 47.8 Å². The molecule has 42 heavy (non-hydrogen) atoms. The lowest BCUT2D eigenvalue weighted by molar-refractivity contribution is -0.192. The molecular formula is C28H36ClF3N6O3S. The van der Waals surface area contributed by atoms with E-state index in [0.717, 1.165) is 48.5 Å². The Morgan fingerprint density at radius 1 is 1.07 bits per heavy atom. The molecule has 2 aromatic rings. The zero-order valence-electron chi connectivity index (χ0n) is 23.8. The van der Waals surface area contributed by atoms with E-state index in [1.165, 1.54) is 16.8 Å². The van der Waals surface area contributed by atoms with E-state index >= 15 is 0 Å². The average Bonchev–Trinajstić information content (AvgIpc) is 3.33. The Balaban J connectivity index is 0.000000517. The molecule has 0 aliphatic carbocycles. The van der Waals surface area contributed by atoms with Crippen LogP contribution in [0.4, 0.5) is 24.9 Å². The van der Waals surface area contributed by atoms with Crippen LogP contribution in [0.1, 0.15) is 61.6 Å². The summed E-state index contributed by atoms with van der Waals surface area (Å²) in [4.78, 5) is 35.8. The van der Waals surface area contributed by atoms with Crippen LogP contribution in [0.3, 0.4) is 0 Å². The molecule has 0 bridgehead atoms. The molecule has 4 N–H and O–H groups in total. The number of fused-ring (bicyclic) bond motifs is 1. The first-order chi connectivity index (χ1) is 19.7. The van der Waals surface area contributed by atoms with Gasteiger partial charge < -0.3 is 26.0 Å². The molecule has 3 aliphatic rings. The molecule has 1 aromatic carbocycles. The van der Waals surface area contributed by atoms with Crippen molar-refractivity contribution in [1.29, 1.82) is 0 Å². The molecule has 4 heterocycles. The van der Waals surface area contributed by atoms with Gasteiger partial charge in [-0.15, -0.1) is 11.8 Å². The van der Waals surface area contributed by atoms with E-state index in [9.17, 15) is 18.0 Å². The topological polar surface area (TPSA) is 125 Å². The molecule has 1 unspecified atom stereocenters. The number of amides is 1. The van der Waals surface area contributed by atoms with Gasteiger partial charge in [0.1, 0.15) is 11.4 Å². The molecule has 0 spiro atoms.